The van der Waals surface area contributed by atoms with Crippen LogP contribution in [0.5, 0.6) is 5.75 Å². The van der Waals surface area contributed by atoms with Crippen molar-refractivity contribution < 1.29 is 9.53 Å². The predicted molar refractivity (Wildman–Crippen MR) is 91.5 cm³/mol. The van der Waals surface area contributed by atoms with Gasteiger partial charge in [0.25, 0.3) is 0 Å². The van der Waals surface area contributed by atoms with Crippen molar-refractivity contribution in [2.75, 3.05) is 19.9 Å². The monoisotopic (exact) mass is 325 g/mol. The summed E-state index contributed by atoms with van der Waals surface area (Å²) in [6.07, 6.45) is 0.134. The highest BCUT2D eigenvalue weighted by atomic mass is 16.5. The zero-order chi connectivity index (χ0) is 17.1. The Morgan fingerprint density at radius 1 is 1.25 bits per heavy atom. The number of methoxy groups -OCH3 is 1. The van der Waals surface area contributed by atoms with Crippen LogP contribution < -0.4 is 10.5 Å². The number of nitrogens with two attached hydrogens (primary N) is 1. The van der Waals surface area contributed by atoms with Gasteiger partial charge in [-0.3, -0.25) is 9.89 Å². The molecule has 0 saturated heterocycles. The Labute approximate surface area is 139 Å². The van der Waals surface area contributed by atoms with Crippen molar-refractivity contribution >= 4 is 22.6 Å². The lowest BCUT2D eigenvalue weighted by atomic mass is 10.0. The number of rotatable bonds is 5. The third-order valence-corrected chi connectivity index (χ3v) is 3.90. The van der Waals surface area contributed by atoms with Crippen molar-refractivity contribution in [2.24, 2.45) is 0 Å². The number of amides is 1. The third-order valence-electron chi connectivity index (χ3n) is 3.90. The molecule has 0 spiro atoms. The number of nitrogens with one attached hydrogen (secondary N) is 1. The molecular formula is C17H19N5O2. The number of aromatic nitrogens is 3. The number of carbonyl (C=O) groups excluding carboxylic acids is 1. The van der Waals surface area contributed by atoms with Crippen molar-refractivity contribution in [1.29, 1.82) is 0 Å². The summed E-state index contributed by atoms with van der Waals surface area (Å²) in [5.41, 5.74) is 6.51. The third kappa shape index (κ3) is 3.15. The number of anilines is 1. The standard InChI is InChI=1S/C17H19N5O2/c1-22(16(23)9-15-19-17(18)21-20-15)10-11-7-8-14(24-2)13-6-4-3-5-12(11)13/h3-8H,9-10H2,1-2H3,(H3,18,19,20,21). The van der Waals surface area contributed by atoms with Crippen LogP contribution in [0.3, 0.4) is 0 Å². The number of likely N-dealkylation sites (N-methyl/N-ethyl adjacent to an activating group) is 1. The molecule has 1 aromatic heterocycles. The molecule has 1 heterocycles. The molecule has 0 aliphatic rings. The van der Waals surface area contributed by atoms with Crippen LogP contribution >= 0.6 is 0 Å². The Bertz CT molecular complexity index is 874. The minimum Gasteiger partial charge on any atom is -0.496 e. The molecule has 7 heteroatoms. The summed E-state index contributed by atoms with van der Waals surface area (Å²) in [7, 11) is 3.42. The zero-order valence-electron chi connectivity index (χ0n) is 13.6. The van der Waals surface area contributed by atoms with Crippen LogP contribution in [0.15, 0.2) is 36.4 Å². The molecule has 0 fully saturated rings. The zero-order valence-corrected chi connectivity index (χ0v) is 13.6. The van der Waals surface area contributed by atoms with Gasteiger partial charge in [0.05, 0.1) is 13.5 Å². The lowest BCUT2D eigenvalue weighted by Crippen LogP contribution is -2.28. The van der Waals surface area contributed by atoms with Gasteiger partial charge in [-0.1, -0.05) is 30.3 Å². The van der Waals surface area contributed by atoms with Crippen LogP contribution in [0.25, 0.3) is 10.8 Å². The van der Waals surface area contributed by atoms with Crippen LogP contribution in [0.1, 0.15) is 11.4 Å². The highest BCUT2D eigenvalue weighted by molar-refractivity contribution is 5.91. The molecule has 7 nitrogen and oxygen atoms in total. The maximum atomic E-state index is 12.4. The van der Waals surface area contributed by atoms with Crippen molar-refractivity contribution in [1.82, 2.24) is 20.1 Å². The van der Waals surface area contributed by atoms with Gasteiger partial charge in [0, 0.05) is 19.0 Å². The van der Waals surface area contributed by atoms with Crippen molar-refractivity contribution in [3.05, 3.63) is 47.8 Å². The first-order valence-corrected chi connectivity index (χ1v) is 7.54. The van der Waals surface area contributed by atoms with E-state index in [-0.39, 0.29) is 18.3 Å². The van der Waals surface area contributed by atoms with E-state index in [1.54, 1.807) is 19.1 Å². The Morgan fingerprint density at radius 2 is 2.00 bits per heavy atom. The van der Waals surface area contributed by atoms with Gasteiger partial charge in [-0.2, -0.15) is 4.98 Å². The second kappa shape index (κ2) is 6.57. The Kier molecular flexibility index (Phi) is 4.33. The fraction of sp³-hybridized carbons (Fsp3) is 0.235. The molecule has 0 radical (unpaired) electrons. The lowest BCUT2D eigenvalue weighted by molar-refractivity contribution is -0.129. The van der Waals surface area contributed by atoms with E-state index in [4.69, 9.17) is 10.5 Å². The molecule has 0 unspecified atom stereocenters. The van der Waals surface area contributed by atoms with Crippen LogP contribution in [-0.4, -0.2) is 40.1 Å². The minimum absolute atomic E-state index is 0.0638. The SMILES string of the molecule is COc1ccc(CN(C)C(=O)Cc2nc(N)n[nH]2)c2ccccc12. The number of fused-ring (bicyclic) bond motifs is 1. The van der Waals surface area contributed by atoms with Gasteiger partial charge in [0.1, 0.15) is 11.6 Å². The van der Waals surface area contributed by atoms with E-state index in [2.05, 4.69) is 15.2 Å². The van der Waals surface area contributed by atoms with Gasteiger partial charge < -0.3 is 15.4 Å². The molecule has 3 aromatic rings. The number of aromatic amines is 1. The first kappa shape index (κ1) is 15.8. The molecule has 124 valence electrons. The van der Waals surface area contributed by atoms with E-state index < -0.39 is 0 Å². The average molecular weight is 325 g/mol. The fourth-order valence-electron chi connectivity index (χ4n) is 2.66. The number of carbonyl (C=O) groups is 1. The minimum atomic E-state index is -0.0638. The molecule has 2 aromatic carbocycles. The van der Waals surface area contributed by atoms with Crippen molar-refractivity contribution in [3.63, 3.8) is 0 Å². The molecule has 0 bridgehead atoms. The van der Waals surface area contributed by atoms with Crippen molar-refractivity contribution in [2.45, 2.75) is 13.0 Å². The van der Waals surface area contributed by atoms with E-state index in [0.29, 0.717) is 12.4 Å². The molecule has 0 aliphatic carbocycles. The number of hydrogen-bond donors (Lipinski definition) is 2. The molecule has 1 amide bonds. The van der Waals surface area contributed by atoms with E-state index >= 15 is 0 Å². The van der Waals surface area contributed by atoms with Crippen LogP contribution in [0, 0.1) is 0 Å². The van der Waals surface area contributed by atoms with E-state index in [1.165, 1.54) is 0 Å². The number of nitrogen functional groups attached to an aromatic ring is 1. The van der Waals surface area contributed by atoms with Gasteiger partial charge in [-0.15, -0.1) is 5.10 Å². The van der Waals surface area contributed by atoms with Gasteiger partial charge in [-0.05, 0) is 17.0 Å². The smallest absolute Gasteiger partial charge is 0.239 e. The summed E-state index contributed by atoms with van der Waals surface area (Å²) in [4.78, 5) is 18.0. The average Bonchev–Trinajstić information content (AvgIpc) is 3.00. The highest BCUT2D eigenvalue weighted by Gasteiger charge is 2.14. The topological polar surface area (TPSA) is 97.1 Å². The van der Waals surface area contributed by atoms with Gasteiger partial charge in [0.2, 0.25) is 11.9 Å². The predicted octanol–water partition coefficient (Wildman–Crippen LogP) is 1.75. The second-order valence-electron chi connectivity index (χ2n) is 5.54. The fourth-order valence-corrected chi connectivity index (χ4v) is 2.66. The number of ether oxygens (including phenoxy) is 1. The first-order valence-electron chi connectivity index (χ1n) is 7.54. The second-order valence-corrected chi connectivity index (χ2v) is 5.54. The van der Waals surface area contributed by atoms with Gasteiger partial charge >= 0.3 is 0 Å². The number of H-pyrrole nitrogens is 1. The summed E-state index contributed by atoms with van der Waals surface area (Å²) >= 11 is 0. The molecule has 24 heavy (non-hydrogen) atoms. The largest absolute Gasteiger partial charge is 0.496 e. The summed E-state index contributed by atoms with van der Waals surface area (Å²) in [5, 5.41) is 8.48. The summed E-state index contributed by atoms with van der Waals surface area (Å²) < 4.78 is 5.40. The van der Waals surface area contributed by atoms with E-state index in [9.17, 15) is 4.79 Å². The Hall–Kier alpha value is -3.09. The summed E-state index contributed by atoms with van der Waals surface area (Å²) in [6.45, 7) is 0.493. The lowest BCUT2D eigenvalue weighted by Gasteiger charge is -2.18. The van der Waals surface area contributed by atoms with Gasteiger partial charge in [0.15, 0.2) is 0 Å². The highest BCUT2D eigenvalue weighted by Crippen LogP contribution is 2.28. The number of nitrogens with zero attached hydrogens (tertiary/aromatic N) is 3. The summed E-state index contributed by atoms with van der Waals surface area (Å²) in [6, 6.07) is 11.9. The normalized spacial score (nSPS) is 10.8. The van der Waals surface area contributed by atoms with E-state index in [0.717, 1.165) is 22.1 Å². The van der Waals surface area contributed by atoms with E-state index in [1.807, 2.05) is 36.4 Å². The Balaban J connectivity index is 1.80. The first-order chi connectivity index (χ1) is 11.6. The maximum Gasteiger partial charge on any atom is 0.239 e. The molecule has 0 aliphatic heterocycles. The quantitative estimate of drug-likeness (QED) is 0.745. The molecule has 3 N–H and O–H groups in total. The summed E-state index contributed by atoms with van der Waals surface area (Å²) in [5.74, 6) is 1.36. The van der Waals surface area contributed by atoms with Gasteiger partial charge in [-0.25, -0.2) is 0 Å². The van der Waals surface area contributed by atoms with Crippen molar-refractivity contribution in [3.8, 4) is 5.75 Å². The number of hydrogen-bond acceptors (Lipinski definition) is 5. The molecule has 0 atom stereocenters. The van der Waals surface area contributed by atoms with Crippen LogP contribution in [0.2, 0.25) is 0 Å². The Morgan fingerprint density at radius 3 is 2.67 bits per heavy atom. The van der Waals surface area contributed by atoms with Crippen LogP contribution in [0.4, 0.5) is 5.95 Å². The molecule has 0 saturated carbocycles. The maximum absolute atomic E-state index is 12.4. The molecular weight excluding hydrogens is 306 g/mol. The number of benzene rings is 2. The van der Waals surface area contributed by atoms with Crippen LogP contribution in [-0.2, 0) is 17.8 Å². The molecule has 3 rings (SSSR count).